The molecule has 0 saturated carbocycles. The maximum atomic E-state index is 5.95. The number of hydrogen-bond donors (Lipinski definition) is 1. The highest BCUT2D eigenvalue weighted by Crippen LogP contribution is 2.41. The summed E-state index contributed by atoms with van der Waals surface area (Å²) in [5.74, 6) is 0. The van der Waals surface area contributed by atoms with Crippen LogP contribution >= 0.6 is 11.6 Å². The van der Waals surface area contributed by atoms with Gasteiger partial charge in [-0.3, -0.25) is 5.01 Å². The van der Waals surface area contributed by atoms with E-state index in [1.165, 1.54) is 22.3 Å². The smallest absolute Gasteiger partial charge is 0.140 e. The Balaban J connectivity index is 1.31. The molecule has 0 bridgehead atoms. The first kappa shape index (κ1) is 17.5. The molecule has 1 aliphatic carbocycles. The molecule has 0 spiro atoms. The van der Waals surface area contributed by atoms with E-state index in [1.54, 1.807) is 4.90 Å². The minimum atomic E-state index is 0.440. The third-order valence-electron chi connectivity index (χ3n) is 5.86. The average molecular weight is 389 g/mol. The summed E-state index contributed by atoms with van der Waals surface area (Å²) in [6.45, 7) is 4.12. The van der Waals surface area contributed by atoms with Crippen molar-refractivity contribution in [1.29, 1.82) is 0 Å². The number of quaternary nitrogens is 1. The second-order valence-corrected chi connectivity index (χ2v) is 7.95. The van der Waals surface area contributed by atoms with Crippen LogP contribution in [-0.4, -0.2) is 37.4 Å². The number of rotatable bonds is 3. The Hall–Kier alpha value is -2.62. The van der Waals surface area contributed by atoms with Gasteiger partial charge in [-0.05, 0) is 28.8 Å². The number of nitrogens with zero attached hydrogens (tertiary/aromatic N) is 2. The Morgan fingerprint density at radius 2 is 1.39 bits per heavy atom. The average Bonchev–Trinajstić information content (AvgIpc) is 3.08. The van der Waals surface area contributed by atoms with Crippen molar-refractivity contribution in [2.75, 3.05) is 26.2 Å². The Morgan fingerprint density at radius 1 is 0.821 bits per heavy atom. The minimum absolute atomic E-state index is 0.440. The van der Waals surface area contributed by atoms with Gasteiger partial charge in [0.05, 0.1) is 32.4 Å². The predicted octanol–water partition coefficient (Wildman–Crippen LogP) is 3.64. The highest BCUT2D eigenvalue weighted by Gasteiger charge is 2.37. The van der Waals surface area contributed by atoms with Gasteiger partial charge in [-0.25, -0.2) is 0 Å². The minimum Gasteiger partial charge on any atom is -0.322 e. The zero-order valence-corrected chi connectivity index (χ0v) is 16.4. The summed E-state index contributed by atoms with van der Waals surface area (Å²) < 4.78 is 0. The summed E-state index contributed by atoms with van der Waals surface area (Å²) in [7, 11) is 0. The van der Waals surface area contributed by atoms with E-state index in [0.717, 1.165) is 36.8 Å². The highest BCUT2D eigenvalue weighted by molar-refractivity contribution is 6.30. The van der Waals surface area contributed by atoms with Crippen LogP contribution in [0.15, 0.2) is 77.9 Å². The molecule has 0 unspecified atom stereocenters. The number of hydrogen-bond acceptors (Lipinski definition) is 2. The van der Waals surface area contributed by atoms with Crippen LogP contribution in [0.1, 0.15) is 22.7 Å². The van der Waals surface area contributed by atoms with Gasteiger partial charge in [0.2, 0.25) is 0 Å². The summed E-state index contributed by atoms with van der Waals surface area (Å²) in [6, 6.07) is 26.0. The molecular weight excluding hydrogens is 366 g/mol. The van der Waals surface area contributed by atoms with Crippen molar-refractivity contribution < 1.29 is 4.90 Å². The topological polar surface area (TPSA) is 20.0 Å². The Kier molecular flexibility index (Phi) is 4.63. The second-order valence-electron chi connectivity index (χ2n) is 7.52. The fraction of sp³-hybridized carbons (Fsp3) is 0.208. The van der Waals surface area contributed by atoms with Gasteiger partial charge in [-0.2, -0.15) is 5.10 Å². The van der Waals surface area contributed by atoms with Gasteiger partial charge in [0.1, 0.15) is 6.04 Å². The van der Waals surface area contributed by atoms with E-state index in [-0.39, 0.29) is 0 Å². The molecule has 1 saturated heterocycles. The Bertz CT molecular complexity index is 959. The van der Waals surface area contributed by atoms with Crippen LogP contribution in [0.3, 0.4) is 0 Å². The molecule has 28 heavy (non-hydrogen) atoms. The molecule has 0 aromatic heterocycles. The number of halogens is 1. The molecule has 0 atom stereocenters. The fourth-order valence-corrected chi connectivity index (χ4v) is 4.60. The molecule has 1 heterocycles. The fourth-order valence-electron chi connectivity index (χ4n) is 4.48. The van der Waals surface area contributed by atoms with Crippen molar-refractivity contribution in [3.63, 3.8) is 0 Å². The molecule has 3 aromatic rings. The summed E-state index contributed by atoms with van der Waals surface area (Å²) in [6.07, 6.45) is 1.93. The van der Waals surface area contributed by atoms with Crippen molar-refractivity contribution in [1.82, 2.24) is 5.01 Å². The van der Waals surface area contributed by atoms with E-state index in [1.807, 2.05) is 30.5 Å². The molecular formula is C24H23ClN3+. The van der Waals surface area contributed by atoms with Crippen molar-refractivity contribution >= 4 is 17.8 Å². The molecule has 3 nitrogen and oxygen atoms in total. The third-order valence-corrected chi connectivity index (χ3v) is 6.12. The van der Waals surface area contributed by atoms with Gasteiger partial charge in [0, 0.05) is 16.1 Å². The van der Waals surface area contributed by atoms with E-state index in [0.29, 0.717) is 6.04 Å². The molecule has 0 radical (unpaired) electrons. The van der Waals surface area contributed by atoms with E-state index in [4.69, 9.17) is 11.6 Å². The van der Waals surface area contributed by atoms with Crippen molar-refractivity contribution in [2.45, 2.75) is 6.04 Å². The van der Waals surface area contributed by atoms with E-state index in [9.17, 15) is 0 Å². The number of nitrogens with one attached hydrogen (secondary N) is 1. The normalized spacial score (nSPS) is 17.1. The monoisotopic (exact) mass is 388 g/mol. The maximum absolute atomic E-state index is 5.95. The van der Waals surface area contributed by atoms with Gasteiger partial charge >= 0.3 is 0 Å². The first-order valence-corrected chi connectivity index (χ1v) is 10.2. The van der Waals surface area contributed by atoms with Crippen LogP contribution in [-0.2, 0) is 0 Å². The molecule has 1 N–H and O–H groups in total. The first-order chi connectivity index (χ1) is 13.8. The molecule has 140 valence electrons. The molecule has 2 aliphatic rings. The van der Waals surface area contributed by atoms with E-state index >= 15 is 0 Å². The number of hydrazone groups is 1. The quantitative estimate of drug-likeness (QED) is 0.679. The summed E-state index contributed by atoms with van der Waals surface area (Å²) >= 11 is 5.95. The van der Waals surface area contributed by atoms with Crippen molar-refractivity contribution in [2.24, 2.45) is 5.10 Å². The maximum Gasteiger partial charge on any atom is 0.140 e. The summed E-state index contributed by atoms with van der Waals surface area (Å²) in [4.78, 5) is 1.63. The molecule has 0 amide bonds. The lowest BCUT2D eigenvalue weighted by atomic mass is 10.0. The van der Waals surface area contributed by atoms with Crippen molar-refractivity contribution in [3.8, 4) is 11.1 Å². The highest BCUT2D eigenvalue weighted by atomic mass is 35.5. The summed E-state index contributed by atoms with van der Waals surface area (Å²) in [5, 5.41) is 7.63. The number of benzene rings is 3. The van der Waals surface area contributed by atoms with Crippen LogP contribution in [0, 0.1) is 0 Å². The molecule has 3 aromatic carbocycles. The number of fused-ring (bicyclic) bond motifs is 3. The lowest BCUT2D eigenvalue weighted by Gasteiger charge is -2.34. The lowest BCUT2D eigenvalue weighted by molar-refractivity contribution is -0.929. The zero-order chi connectivity index (χ0) is 18.9. The molecule has 1 fully saturated rings. The van der Waals surface area contributed by atoms with Gasteiger partial charge in [0.25, 0.3) is 0 Å². The Labute approximate surface area is 170 Å². The van der Waals surface area contributed by atoms with Crippen LogP contribution in [0.25, 0.3) is 11.1 Å². The summed E-state index contributed by atoms with van der Waals surface area (Å²) in [5.41, 5.74) is 6.82. The molecule has 4 heteroatoms. The van der Waals surface area contributed by atoms with Gasteiger partial charge in [0.15, 0.2) is 0 Å². The van der Waals surface area contributed by atoms with Gasteiger partial charge < -0.3 is 4.90 Å². The van der Waals surface area contributed by atoms with E-state index in [2.05, 4.69) is 58.6 Å². The van der Waals surface area contributed by atoms with Gasteiger partial charge in [-0.15, -0.1) is 0 Å². The Morgan fingerprint density at radius 3 is 2.00 bits per heavy atom. The molecule has 5 rings (SSSR count). The second kappa shape index (κ2) is 7.42. The standard InChI is InChI=1S/C24H22ClN3/c25-19-11-9-18(10-12-19)17-26-28-15-13-27(14-16-28)24-22-7-3-1-5-20(22)21-6-2-4-8-23(21)24/h1-12,17,24H,13-16H2/p+1/b26-17-. The largest absolute Gasteiger partial charge is 0.322 e. The van der Waals surface area contributed by atoms with Crippen LogP contribution in [0.5, 0.6) is 0 Å². The van der Waals surface area contributed by atoms with E-state index < -0.39 is 0 Å². The third kappa shape index (κ3) is 3.21. The first-order valence-electron chi connectivity index (χ1n) is 9.87. The SMILES string of the molecule is Clc1ccc(/C=N\N2CC[NH+](C3c4ccccc4-c4ccccc43)CC2)cc1. The number of piperazine rings is 1. The zero-order valence-electron chi connectivity index (χ0n) is 15.7. The lowest BCUT2D eigenvalue weighted by Crippen LogP contribution is -3.14. The molecule has 1 aliphatic heterocycles. The van der Waals surface area contributed by atoms with Crippen LogP contribution in [0.4, 0.5) is 0 Å². The predicted molar refractivity (Wildman–Crippen MR) is 115 cm³/mol. The van der Waals surface area contributed by atoms with Gasteiger partial charge in [-0.1, -0.05) is 72.3 Å². The van der Waals surface area contributed by atoms with Crippen LogP contribution < -0.4 is 4.90 Å². The van der Waals surface area contributed by atoms with Crippen molar-refractivity contribution in [3.05, 3.63) is 94.5 Å². The van der Waals surface area contributed by atoms with Crippen LogP contribution in [0.2, 0.25) is 5.02 Å².